The fourth-order valence-electron chi connectivity index (χ4n) is 3.49. The van der Waals surface area contributed by atoms with Crippen LogP contribution in [-0.2, 0) is 9.59 Å². The first-order valence-electron chi connectivity index (χ1n) is 9.78. The fourth-order valence-corrected chi connectivity index (χ4v) is 3.49. The van der Waals surface area contributed by atoms with Gasteiger partial charge in [0.05, 0.1) is 16.9 Å². The molecular formula is C24H24N2O5. The number of carbonyl (C=O) groups is 3. The maximum Gasteiger partial charge on any atom is 0.352 e. The number of anilines is 2. The van der Waals surface area contributed by atoms with Crippen molar-refractivity contribution in [1.82, 2.24) is 0 Å². The quantitative estimate of drug-likeness (QED) is 0.389. The summed E-state index contributed by atoms with van der Waals surface area (Å²) in [5, 5.41) is 25.4. The molecule has 0 fully saturated rings. The smallest absolute Gasteiger partial charge is 0.352 e. The molecule has 0 heterocycles. The minimum Gasteiger partial charge on any atom is -0.507 e. The van der Waals surface area contributed by atoms with Crippen molar-refractivity contribution in [2.75, 3.05) is 10.6 Å². The molecule has 0 unspecified atom stereocenters. The lowest BCUT2D eigenvalue weighted by molar-refractivity contribution is -0.132. The van der Waals surface area contributed by atoms with Crippen LogP contribution in [0.15, 0.2) is 72.1 Å². The summed E-state index contributed by atoms with van der Waals surface area (Å²) in [4.78, 5) is 36.3. The van der Waals surface area contributed by atoms with E-state index in [9.17, 15) is 24.6 Å². The van der Waals surface area contributed by atoms with Gasteiger partial charge < -0.3 is 20.8 Å². The average Bonchev–Trinajstić information content (AvgIpc) is 2.67. The number of aliphatic carboxylic acids is 1. The summed E-state index contributed by atoms with van der Waals surface area (Å²) in [6.45, 7) is 4.03. The van der Waals surface area contributed by atoms with Crippen molar-refractivity contribution < 1.29 is 24.6 Å². The number of allylic oxidation sites excluding steroid dienone is 3. The highest BCUT2D eigenvalue weighted by molar-refractivity contribution is 6.10. The van der Waals surface area contributed by atoms with Gasteiger partial charge in [0.15, 0.2) is 11.6 Å². The van der Waals surface area contributed by atoms with Crippen LogP contribution in [0.5, 0.6) is 5.75 Å². The van der Waals surface area contributed by atoms with Crippen molar-refractivity contribution in [2.24, 2.45) is 5.41 Å². The molecule has 160 valence electrons. The largest absolute Gasteiger partial charge is 0.507 e. The van der Waals surface area contributed by atoms with Crippen molar-refractivity contribution in [3.8, 4) is 5.75 Å². The molecule has 1 aliphatic carbocycles. The van der Waals surface area contributed by atoms with Gasteiger partial charge in [-0.25, -0.2) is 4.79 Å². The first kappa shape index (κ1) is 21.8. The molecule has 7 heteroatoms. The van der Waals surface area contributed by atoms with E-state index in [0.717, 1.165) is 11.8 Å². The summed E-state index contributed by atoms with van der Waals surface area (Å²) in [7, 11) is 0. The van der Waals surface area contributed by atoms with Gasteiger partial charge in [-0.2, -0.15) is 0 Å². The Morgan fingerprint density at radius 3 is 2.29 bits per heavy atom. The van der Waals surface area contributed by atoms with Crippen LogP contribution in [0, 0.1) is 5.41 Å². The van der Waals surface area contributed by atoms with Gasteiger partial charge >= 0.3 is 5.97 Å². The molecule has 2 aromatic rings. The van der Waals surface area contributed by atoms with Crippen LogP contribution < -0.4 is 10.6 Å². The van der Waals surface area contributed by atoms with Crippen LogP contribution in [0.25, 0.3) is 0 Å². The fraction of sp³-hybridized carbons (Fsp3) is 0.208. The van der Waals surface area contributed by atoms with Gasteiger partial charge in [0.25, 0.3) is 0 Å². The highest BCUT2D eigenvalue weighted by Gasteiger charge is 2.27. The first-order valence-corrected chi connectivity index (χ1v) is 9.78. The number of hydrogen-bond acceptors (Lipinski definition) is 6. The number of phenolic OH excluding ortho intramolecular Hbond substituents is 1. The van der Waals surface area contributed by atoms with Crippen LogP contribution in [0.3, 0.4) is 0 Å². The topological polar surface area (TPSA) is 116 Å². The van der Waals surface area contributed by atoms with Crippen LogP contribution in [0.1, 0.15) is 37.0 Å². The number of ketones is 2. The van der Waals surface area contributed by atoms with Crippen LogP contribution in [0.2, 0.25) is 0 Å². The minimum atomic E-state index is -1.33. The molecular weight excluding hydrogens is 396 g/mol. The maximum absolute atomic E-state index is 12.5. The molecule has 2 aromatic carbocycles. The number of phenols is 1. The van der Waals surface area contributed by atoms with Crippen LogP contribution >= 0.6 is 0 Å². The van der Waals surface area contributed by atoms with E-state index in [1.54, 1.807) is 42.5 Å². The molecule has 0 saturated carbocycles. The highest BCUT2D eigenvalue weighted by Crippen LogP contribution is 2.35. The lowest BCUT2D eigenvalue weighted by Gasteiger charge is -2.29. The van der Waals surface area contributed by atoms with Crippen molar-refractivity contribution >= 4 is 28.9 Å². The van der Waals surface area contributed by atoms with Gasteiger partial charge in [-0.15, -0.1) is 0 Å². The number of rotatable bonds is 7. The molecule has 0 saturated heterocycles. The van der Waals surface area contributed by atoms with E-state index in [4.69, 9.17) is 0 Å². The number of aromatic hydroxyl groups is 1. The van der Waals surface area contributed by atoms with E-state index >= 15 is 0 Å². The van der Waals surface area contributed by atoms with E-state index in [1.165, 1.54) is 12.1 Å². The normalized spacial score (nSPS) is 15.7. The third-order valence-corrected chi connectivity index (χ3v) is 4.82. The van der Waals surface area contributed by atoms with E-state index in [2.05, 4.69) is 10.6 Å². The SMILES string of the molecule is CC1(C)CC(=O)C=C(Nc2ccccc2N/C(=C/C(=O)c2ccccc2O)C(=O)O)C1. The van der Waals surface area contributed by atoms with Gasteiger partial charge in [-0.05, 0) is 36.1 Å². The Bertz CT molecular complexity index is 1100. The molecule has 0 amide bonds. The zero-order chi connectivity index (χ0) is 22.6. The Hall–Kier alpha value is -3.87. The Morgan fingerprint density at radius 1 is 1.00 bits per heavy atom. The maximum atomic E-state index is 12.5. The van der Waals surface area contributed by atoms with Crippen molar-refractivity contribution in [3.63, 3.8) is 0 Å². The molecule has 4 N–H and O–H groups in total. The zero-order valence-corrected chi connectivity index (χ0v) is 17.3. The lowest BCUT2D eigenvalue weighted by atomic mass is 9.79. The standard InChI is InChI=1S/C24H24N2O5/c1-24(2)13-15(11-16(27)14-24)25-18-8-4-5-9-19(18)26-20(23(30)31)12-22(29)17-7-3-6-10-21(17)28/h3-12,25-26,28H,13-14H2,1-2H3,(H,30,31)/b20-12+. The summed E-state index contributed by atoms with van der Waals surface area (Å²) in [5.74, 6) is -2.17. The summed E-state index contributed by atoms with van der Waals surface area (Å²) >= 11 is 0. The summed E-state index contributed by atoms with van der Waals surface area (Å²) in [6, 6.07) is 12.8. The Labute approximate surface area is 180 Å². The first-order chi connectivity index (χ1) is 14.6. The number of carboxylic acid groups (broad SMARTS) is 1. The van der Waals surface area contributed by atoms with Gasteiger partial charge in [-0.1, -0.05) is 38.1 Å². The number of carbonyl (C=O) groups excluding carboxylic acids is 2. The highest BCUT2D eigenvalue weighted by atomic mass is 16.4. The second-order valence-corrected chi connectivity index (χ2v) is 8.19. The van der Waals surface area contributed by atoms with Crippen molar-refractivity contribution in [2.45, 2.75) is 26.7 Å². The summed E-state index contributed by atoms with van der Waals surface area (Å²) < 4.78 is 0. The number of carboxylic acids is 1. The number of benzene rings is 2. The van der Waals surface area contributed by atoms with Gasteiger partial charge in [-0.3, -0.25) is 9.59 Å². The molecule has 0 atom stereocenters. The molecule has 7 nitrogen and oxygen atoms in total. The summed E-state index contributed by atoms with van der Waals surface area (Å²) in [5.41, 5.74) is 1.22. The second-order valence-electron chi connectivity index (χ2n) is 8.19. The monoisotopic (exact) mass is 420 g/mol. The molecule has 0 aromatic heterocycles. The Balaban J connectivity index is 1.87. The summed E-state index contributed by atoms with van der Waals surface area (Å²) in [6.07, 6.45) is 3.64. The Kier molecular flexibility index (Phi) is 6.25. The predicted octanol–water partition coefficient (Wildman–Crippen LogP) is 4.34. The van der Waals surface area contributed by atoms with Crippen molar-refractivity contribution in [3.05, 3.63) is 77.6 Å². The predicted molar refractivity (Wildman–Crippen MR) is 118 cm³/mol. The van der Waals surface area contributed by atoms with Gasteiger partial charge in [0, 0.05) is 24.3 Å². The van der Waals surface area contributed by atoms with Crippen LogP contribution in [0.4, 0.5) is 11.4 Å². The third-order valence-electron chi connectivity index (χ3n) is 4.82. The van der Waals surface area contributed by atoms with E-state index in [0.29, 0.717) is 24.2 Å². The second kappa shape index (κ2) is 8.87. The molecule has 0 bridgehead atoms. The molecule has 1 aliphatic rings. The Morgan fingerprint density at radius 2 is 1.65 bits per heavy atom. The number of para-hydroxylation sites is 3. The number of hydrogen-bond donors (Lipinski definition) is 4. The molecule has 3 rings (SSSR count). The van der Waals surface area contributed by atoms with E-state index in [1.807, 2.05) is 13.8 Å². The molecule has 0 radical (unpaired) electrons. The molecule has 31 heavy (non-hydrogen) atoms. The zero-order valence-electron chi connectivity index (χ0n) is 17.3. The minimum absolute atomic E-state index is 0.00238. The lowest BCUT2D eigenvalue weighted by Crippen LogP contribution is -2.24. The van der Waals surface area contributed by atoms with E-state index in [-0.39, 0.29) is 28.2 Å². The molecule has 0 spiro atoms. The van der Waals surface area contributed by atoms with Crippen molar-refractivity contribution in [1.29, 1.82) is 0 Å². The average molecular weight is 420 g/mol. The van der Waals surface area contributed by atoms with Crippen LogP contribution in [-0.4, -0.2) is 27.7 Å². The molecule has 0 aliphatic heterocycles. The number of nitrogens with one attached hydrogen (secondary N) is 2. The van der Waals surface area contributed by atoms with E-state index < -0.39 is 11.8 Å². The van der Waals surface area contributed by atoms with Gasteiger partial charge in [0.1, 0.15) is 11.4 Å². The third kappa shape index (κ3) is 5.60. The van der Waals surface area contributed by atoms with Gasteiger partial charge in [0.2, 0.25) is 0 Å².